The van der Waals surface area contributed by atoms with Crippen LogP contribution in [0.5, 0.6) is 0 Å². The Morgan fingerprint density at radius 2 is 1.84 bits per heavy atom. The molecule has 0 radical (unpaired) electrons. The topological polar surface area (TPSA) is 54.7 Å². The first-order valence-electron chi connectivity index (χ1n) is 6.90. The second kappa shape index (κ2) is 5.57. The molecule has 3 N–H and O–H groups in total. The van der Waals surface area contributed by atoms with Crippen LogP contribution in [0.4, 0.5) is 0 Å². The number of nitrogens with zero attached hydrogens (tertiary/aromatic N) is 1. The van der Waals surface area contributed by atoms with Gasteiger partial charge in [0.2, 0.25) is 0 Å². The molecule has 0 aliphatic heterocycles. The minimum atomic E-state index is 0.320. The van der Waals surface area contributed by atoms with Crippen LogP contribution in [0.2, 0.25) is 0 Å². The summed E-state index contributed by atoms with van der Waals surface area (Å²) in [5.74, 6) is 1.32. The van der Waals surface area contributed by atoms with Crippen molar-refractivity contribution in [2.45, 2.75) is 40.0 Å². The summed E-state index contributed by atoms with van der Waals surface area (Å²) in [7, 11) is 0. The number of aromatic nitrogens is 2. The van der Waals surface area contributed by atoms with Crippen LogP contribution in [-0.4, -0.2) is 16.5 Å². The molecule has 1 heterocycles. The number of nitrogens with one attached hydrogen (secondary N) is 1. The van der Waals surface area contributed by atoms with Gasteiger partial charge in [-0.1, -0.05) is 13.0 Å². The molecule has 1 aromatic carbocycles. The van der Waals surface area contributed by atoms with Crippen LogP contribution in [0.1, 0.15) is 41.8 Å². The SMILES string of the molecule is CCC(CN)c1ncc(-c2cc(C)c(C)cc2C)[nH]1. The number of hydrogen-bond acceptors (Lipinski definition) is 2. The van der Waals surface area contributed by atoms with Crippen LogP contribution in [0.15, 0.2) is 18.3 Å². The van der Waals surface area contributed by atoms with Crippen molar-refractivity contribution in [3.05, 3.63) is 40.8 Å². The van der Waals surface area contributed by atoms with E-state index in [1.807, 2.05) is 6.20 Å². The lowest BCUT2D eigenvalue weighted by atomic mass is 9.99. The molecule has 2 aromatic rings. The zero-order chi connectivity index (χ0) is 14.0. The molecule has 0 saturated carbocycles. The van der Waals surface area contributed by atoms with E-state index in [9.17, 15) is 0 Å². The first kappa shape index (κ1) is 13.8. The molecular weight excluding hydrogens is 234 g/mol. The summed E-state index contributed by atoms with van der Waals surface area (Å²) < 4.78 is 0. The quantitative estimate of drug-likeness (QED) is 0.881. The Labute approximate surface area is 115 Å². The monoisotopic (exact) mass is 257 g/mol. The Bertz CT molecular complexity index is 565. The van der Waals surface area contributed by atoms with E-state index < -0.39 is 0 Å². The van der Waals surface area contributed by atoms with Crippen LogP contribution in [0, 0.1) is 20.8 Å². The van der Waals surface area contributed by atoms with E-state index >= 15 is 0 Å². The normalized spacial score (nSPS) is 12.7. The maximum Gasteiger partial charge on any atom is 0.110 e. The van der Waals surface area contributed by atoms with Gasteiger partial charge >= 0.3 is 0 Å². The fourth-order valence-electron chi connectivity index (χ4n) is 2.40. The standard InChI is InChI=1S/C16H23N3/c1-5-13(8-17)16-18-9-15(19-16)14-7-11(3)10(2)6-12(14)4/h6-7,9,13H,5,8,17H2,1-4H3,(H,18,19). The third-order valence-electron chi connectivity index (χ3n) is 3.89. The maximum atomic E-state index is 5.78. The average Bonchev–Trinajstić information content (AvgIpc) is 2.85. The van der Waals surface area contributed by atoms with E-state index in [1.165, 1.54) is 22.3 Å². The number of H-pyrrole nitrogens is 1. The van der Waals surface area contributed by atoms with Crippen molar-refractivity contribution in [3.63, 3.8) is 0 Å². The zero-order valence-corrected chi connectivity index (χ0v) is 12.2. The van der Waals surface area contributed by atoms with E-state index in [2.05, 4.69) is 49.8 Å². The predicted octanol–water partition coefficient (Wildman–Crippen LogP) is 3.45. The van der Waals surface area contributed by atoms with Crippen molar-refractivity contribution in [2.24, 2.45) is 5.73 Å². The van der Waals surface area contributed by atoms with E-state index in [1.54, 1.807) is 0 Å². The van der Waals surface area contributed by atoms with Crippen molar-refractivity contribution in [1.29, 1.82) is 0 Å². The van der Waals surface area contributed by atoms with Crippen molar-refractivity contribution in [1.82, 2.24) is 9.97 Å². The lowest BCUT2D eigenvalue weighted by Gasteiger charge is -2.10. The maximum absolute atomic E-state index is 5.78. The molecule has 3 nitrogen and oxygen atoms in total. The molecule has 2 rings (SSSR count). The predicted molar refractivity (Wildman–Crippen MR) is 80.3 cm³/mol. The van der Waals surface area contributed by atoms with Gasteiger partial charge in [0.15, 0.2) is 0 Å². The van der Waals surface area contributed by atoms with E-state index in [-0.39, 0.29) is 0 Å². The Balaban J connectivity index is 2.40. The molecule has 1 aromatic heterocycles. The van der Waals surface area contributed by atoms with Crippen LogP contribution in [-0.2, 0) is 0 Å². The van der Waals surface area contributed by atoms with Gasteiger partial charge in [0.25, 0.3) is 0 Å². The number of hydrogen-bond donors (Lipinski definition) is 2. The number of benzene rings is 1. The number of aryl methyl sites for hydroxylation is 3. The fourth-order valence-corrected chi connectivity index (χ4v) is 2.40. The van der Waals surface area contributed by atoms with Gasteiger partial charge in [0.05, 0.1) is 11.9 Å². The fraction of sp³-hybridized carbons (Fsp3) is 0.438. The van der Waals surface area contributed by atoms with Gasteiger partial charge < -0.3 is 10.7 Å². The number of nitrogens with two attached hydrogens (primary N) is 1. The minimum Gasteiger partial charge on any atom is -0.342 e. The number of imidazole rings is 1. The van der Waals surface area contributed by atoms with Crippen molar-refractivity contribution in [2.75, 3.05) is 6.54 Å². The molecule has 3 heteroatoms. The zero-order valence-electron chi connectivity index (χ0n) is 12.2. The van der Waals surface area contributed by atoms with Gasteiger partial charge in [-0.2, -0.15) is 0 Å². The summed E-state index contributed by atoms with van der Waals surface area (Å²) in [6.07, 6.45) is 2.93. The van der Waals surface area contributed by atoms with Gasteiger partial charge in [-0.05, 0) is 49.9 Å². The molecule has 0 saturated heterocycles. The van der Waals surface area contributed by atoms with Crippen LogP contribution in [0.25, 0.3) is 11.3 Å². The number of aromatic amines is 1. The Morgan fingerprint density at radius 3 is 2.47 bits per heavy atom. The van der Waals surface area contributed by atoms with Gasteiger partial charge in [0, 0.05) is 18.0 Å². The van der Waals surface area contributed by atoms with E-state index in [0.29, 0.717) is 12.5 Å². The summed E-state index contributed by atoms with van der Waals surface area (Å²) in [5.41, 5.74) is 12.0. The molecule has 19 heavy (non-hydrogen) atoms. The summed E-state index contributed by atoms with van der Waals surface area (Å²) in [6.45, 7) is 9.20. The molecule has 1 unspecified atom stereocenters. The average molecular weight is 257 g/mol. The Kier molecular flexibility index (Phi) is 4.05. The largest absolute Gasteiger partial charge is 0.342 e. The first-order chi connectivity index (χ1) is 9.06. The molecule has 0 fully saturated rings. The summed E-state index contributed by atoms with van der Waals surface area (Å²) in [4.78, 5) is 7.92. The minimum absolute atomic E-state index is 0.320. The lowest BCUT2D eigenvalue weighted by Crippen LogP contribution is -2.12. The van der Waals surface area contributed by atoms with Crippen molar-refractivity contribution < 1.29 is 0 Å². The molecule has 0 spiro atoms. The summed E-state index contributed by atoms with van der Waals surface area (Å²) in [6, 6.07) is 4.46. The highest BCUT2D eigenvalue weighted by Gasteiger charge is 2.13. The van der Waals surface area contributed by atoms with Crippen molar-refractivity contribution >= 4 is 0 Å². The highest BCUT2D eigenvalue weighted by Crippen LogP contribution is 2.26. The van der Waals surface area contributed by atoms with Gasteiger partial charge in [-0.3, -0.25) is 0 Å². The highest BCUT2D eigenvalue weighted by atomic mass is 14.9. The van der Waals surface area contributed by atoms with Gasteiger partial charge in [0.1, 0.15) is 5.82 Å². The molecule has 0 amide bonds. The van der Waals surface area contributed by atoms with Crippen LogP contribution >= 0.6 is 0 Å². The molecule has 0 bridgehead atoms. The third kappa shape index (κ3) is 2.71. The van der Waals surface area contributed by atoms with E-state index in [4.69, 9.17) is 5.73 Å². The molecule has 0 aliphatic carbocycles. The van der Waals surface area contributed by atoms with E-state index in [0.717, 1.165) is 17.9 Å². The molecule has 102 valence electrons. The van der Waals surface area contributed by atoms with Crippen molar-refractivity contribution in [3.8, 4) is 11.3 Å². The Morgan fingerprint density at radius 1 is 1.16 bits per heavy atom. The smallest absolute Gasteiger partial charge is 0.110 e. The van der Waals surface area contributed by atoms with Gasteiger partial charge in [-0.15, -0.1) is 0 Å². The summed E-state index contributed by atoms with van der Waals surface area (Å²) in [5, 5.41) is 0. The number of rotatable bonds is 4. The third-order valence-corrected chi connectivity index (χ3v) is 3.89. The first-order valence-corrected chi connectivity index (χ1v) is 6.90. The molecule has 0 aliphatic rings. The second-order valence-corrected chi connectivity index (χ2v) is 5.27. The Hall–Kier alpha value is -1.61. The van der Waals surface area contributed by atoms with Gasteiger partial charge in [-0.25, -0.2) is 4.98 Å². The van der Waals surface area contributed by atoms with Crippen LogP contribution in [0.3, 0.4) is 0 Å². The molecular formula is C16H23N3. The highest BCUT2D eigenvalue weighted by molar-refractivity contribution is 5.65. The second-order valence-electron chi connectivity index (χ2n) is 5.27. The molecule has 1 atom stereocenters. The summed E-state index contributed by atoms with van der Waals surface area (Å²) >= 11 is 0. The lowest BCUT2D eigenvalue weighted by molar-refractivity contribution is 0.639. The van der Waals surface area contributed by atoms with Crippen LogP contribution < -0.4 is 5.73 Å².